The highest BCUT2D eigenvalue weighted by molar-refractivity contribution is 9.10. The van der Waals surface area contributed by atoms with Crippen LogP contribution in [0.1, 0.15) is 22.3 Å². The SMILES string of the molecule is NC(N)=N/N=C/c1cc(Cl)cc(Cl)c1Cl.NC(N)=N/N=C/c1ccc(Cl)c(Cl)c1.NC(N)=N/N=C/c1ccc(Cl)cc1Cl.NC(N)=N/N=C/c1cccc(Cl)c1Br. The molecule has 0 unspecified atom stereocenters. The molecule has 0 bridgehead atoms. The zero-order valence-corrected chi connectivity index (χ0v) is 36.4. The third kappa shape index (κ3) is 22.1. The second-order valence-corrected chi connectivity index (χ2v) is 13.9. The predicted octanol–water partition coefficient (Wildman–Crippen LogP) is 7.17. The Morgan fingerprint density at radius 1 is 0.421 bits per heavy atom. The van der Waals surface area contributed by atoms with Crippen molar-refractivity contribution in [2.24, 2.45) is 86.7 Å². The highest BCUT2D eigenvalue weighted by Crippen LogP contribution is 2.29. The third-order valence-electron chi connectivity index (χ3n) is 5.40. The van der Waals surface area contributed by atoms with Gasteiger partial charge in [0.25, 0.3) is 0 Å². The first kappa shape index (κ1) is 50.5. The highest BCUT2D eigenvalue weighted by atomic mass is 79.9. The van der Waals surface area contributed by atoms with Crippen LogP contribution >= 0.6 is 109 Å². The van der Waals surface area contributed by atoms with Crippen LogP contribution in [0, 0.1) is 0 Å². The molecule has 0 aliphatic heterocycles. The van der Waals surface area contributed by atoms with E-state index in [0.29, 0.717) is 51.3 Å². The Labute approximate surface area is 375 Å². The fourth-order valence-corrected chi connectivity index (χ4v) is 5.10. The molecule has 0 heterocycles. The molecule has 0 atom stereocenters. The molecule has 0 saturated heterocycles. The van der Waals surface area contributed by atoms with E-state index in [0.717, 1.165) is 15.6 Å². The van der Waals surface area contributed by atoms with Crippen molar-refractivity contribution in [1.82, 2.24) is 0 Å². The van der Waals surface area contributed by atoms with E-state index in [4.69, 9.17) is 139 Å². The summed E-state index contributed by atoms with van der Waals surface area (Å²) in [6.45, 7) is 0. The van der Waals surface area contributed by atoms with Crippen molar-refractivity contribution in [3.8, 4) is 0 Å². The monoisotopic (exact) mass is 998 g/mol. The van der Waals surface area contributed by atoms with Gasteiger partial charge in [0, 0.05) is 31.2 Å². The molecule has 16 nitrogen and oxygen atoms in total. The van der Waals surface area contributed by atoms with Gasteiger partial charge in [-0.25, -0.2) is 0 Å². The van der Waals surface area contributed by atoms with Crippen molar-refractivity contribution in [3.05, 3.63) is 134 Å². The molecule has 0 fully saturated rings. The number of halogens is 9. The van der Waals surface area contributed by atoms with Gasteiger partial charge in [-0.05, 0) is 64.0 Å². The largest absolute Gasteiger partial charge is 0.369 e. The summed E-state index contributed by atoms with van der Waals surface area (Å²) in [5.41, 5.74) is 43.5. The summed E-state index contributed by atoms with van der Waals surface area (Å²) in [4.78, 5) is 0. The average molecular weight is 1000 g/mol. The summed E-state index contributed by atoms with van der Waals surface area (Å²) in [6.07, 6.45) is 5.79. The lowest BCUT2D eigenvalue weighted by atomic mass is 10.2. The number of benzene rings is 4. The number of hydrogen-bond acceptors (Lipinski definition) is 8. The van der Waals surface area contributed by atoms with Gasteiger partial charge < -0.3 is 45.9 Å². The van der Waals surface area contributed by atoms with Gasteiger partial charge in [0.15, 0.2) is 0 Å². The second kappa shape index (κ2) is 27.1. The minimum absolute atomic E-state index is 0.0839. The molecule has 0 aromatic heterocycles. The van der Waals surface area contributed by atoms with Crippen LogP contribution in [0.2, 0.25) is 40.2 Å². The Bertz CT molecular complexity index is 2190. The number of hydrogen-bond donors (Lipinski definition) is 8. The Balaban J connectivity index is 0.000000380. The van der Waals surface area contributed by atoms with Crippen LogP contribution in [0.4, 0.5) is 0 Å². The highest BCUT2D eigenvalue weighted by Gasteiger charge is 2.05. The maximum atomic E-state index is 5.89. The van der Waals surface area contributed by atoms with E-state index in [1.165, 1.54) is 30.9 Å². The van der Waals surface area contributed by atoms with E-state index in [1.807, 2.05) is 12.1 Å². The Kier molecular flexibility index (Phi) is 24.0. The van der Waals surface area contributed by atoms with Crippen molar-refractivity contribution in [2.75, 3.05) is 0 Å². The summed E-state index contributed by atoms with van der Waals surface area (Å²) in [5.74, 6) is -0.428. The van der Waals surface area contributed by atoms with Gasteiger partial charge in [-0.15, -0.1) is 20.4 Å². The topological polar surface area (TPSA) is 307 Å². The van der Waals surface area contributed by atoms with Gasteiger partial charge in [-0.2, -0.15) is 20.4 Å². The molecule has 25 heteroatoms. The molecular formula is C32H31BrCl8N16. The third-order valence-corrected chi connectivity index (χ3v) is 9.16. The summed E-state index contributed by atoms with van der Waals surface area (Å²) >= 11 is 49.7. The summed E-state index contributed by atoms with van der Waals surface area (Å²) in [7, 11) is 0. The number of rotatable bonds is 8. The maximum absolute atomic E-state index is 5.89. The van der Waals surface area contributed by atoms with Gasteiger partial charge in [0.1, 0.15) is 0 Å². The van der Waals surface area contributed by atoms with Crippen molar-refractivity contribution in [2.45, 2.75) is 0 Å². The lowest BCUT2D eigenvalue weighted by Gasteiger charge is -2.00. The van der Waals surface area contributed by atoms with Crippen LogP contribution in [-0.4, -0.2) is 48.7 Å². The van der Waals surface area contributed by atoms with Crippen molar-refractivity contribution in [1.29, 1.82) is 0 Å². The smallest absolute Gasteiger partial charge is 0.211 e. The zero-order chi connectivity index (χ0) is 43.1. The number of nitrogens with two attached hydrogens (primary N) is 8. The molecule has 302 valence electrons. The normalized spacial score (nSPS) is 10.5. The van der Waals surface area contributed by atoms with Crippen LogP contribution in [-0.2, 0) is 0 Å². The Morgan fingerprint density at radius 2 is 0.912 bits per heavy atom. The first-order valence-corrected chi connectivity index (χ1v) is 18.6. The molecule has 0 spiro atoms. The van der Waals surface area contributed by atoms with Crippen LogP contribution in [0.5, 0.6) is 0 Å². The molecule has 57 heavy (non-hydrogen) atoms. The molecule has 16 N–H and O–H groups in total. The first-order chi connectivity index (χ1) is 26.8. The zero-order valence-electron chi connectivity index (χ0n) is 28.8. The minimum atomic E-state index is -0.143. The van der Waals surface area contributed by atoms with E-state index < -0.39 is 0 Å². The quantitative estimate of drug-likeness (QED) is 0.0386. The molecule has 0 radical (unpaired) electrons. The van der Waals surface area contributed by atoms with Crippen LogP contribution in [0.25, 0.3) is 0 Å². The summed E-state index contributed by atoms with van der Waals surface area (Å²) < 4.78 is 0.760. The van der Waals surface area contributed by atoms with Crippen LogP contribution in [0.3, 0.4) is 0 Å². The van der Waals surface area contributed by atoms with E-state index in [-0.39, 0.29) is 23.8 Å². The Hall–Kier alpha value is -4.56. The van der Waals surface area contributed by atoms with Gasteiger partial charge in [0.2, 0.25) is 23.8 Å². The van der Waals surface area contributed by atoms with Crippen molar-refractivity contribution >= 4 is 157 Å². The van der Waals surface area contributed by atoms with E-state index in [1.54, 1.807) is 48.5 Å². The van der Waals surface area contributed by atoms with E-state index in [2.05, 4.69) is 56.7 Å². The number of guanidine groups is 4. The summed E-state index contributed by atoms with van der Waals surface area (Å²) in [5, 5.41) is 32.0. The van der Waals surface area contributed by atoms with Gasteiger partial charge in [-0.3, -0.25) is 0 Å². The molecule has 4 aromatic rings. The standard InChI is InChI=1S/C8H8BrClN4.C8H7Cl3N4.2C8H8Cl2N4/c9-7-5(2-1-3-6(7)10)4-13-14-8(11)12;9-5-1-4(3-14-15-8(12)13)7(11)6(10)2-5;9-6-2-1-5(7(10)3-6)4-13-14-8(11)12;9-6-2-1-5(3-7(6)10)4-13-14-8(11)12/h1-4H,(H4,11,12,14);1-3H,(H4,12,13,15);2*1-4H,(H4,11,12,14)/b13-4+;14-3+;2*13-4+. The predicted molar refractivity (Wildman–Crippen MR) is 247 cm³/mol. The fourth-order valence-electron chi connectivity index (χ4n) is 3.12. The van der Waals surface area contributed by atoms with Gasteiger partial charge in [0.05, 0.1) is 55.0 Å². The van der Waals surface area contributed by atoms with Gasteiger partial charge in [-0.1, -0.05) is 117 Å². The van der Waals surface area contributed by atoms with Crippen molar-refractivity contribution in [3.63, 3.8) is 0 Å². The fraction of sp³-hybridized carbons (Fsp3) is 0. The Morgan fingerprint density at radius 3 is 1.42 bits per heavy atom. The van der Waals surface area contributed by atoms with E-state index >= 15 is 0 Å². The minimum Gasteiger partial charge on any atom is -0.369 e. The van der Waals surface area contributed by atoms with Gasteiger partial charge >= 0.3 is 0 Å². The molecule has 0 aliphatic carbocycles. The second-order valence-electron chi connectivity index (χ2n) is 9.85. The lowest BCUT2D eigenvalue weighted by Crippen LogP contribution is -2.21. The summed E-state index contributed by atoms with van der Waals surface area (Å²) in [6, 6.07) is 18.6. The molecule has 4 rings (SSSR count). The average Bonchev–Trinajstić information content (AvgIpc) is 3.11. The number of nitrogens with zero attached hydrogens (tertiary/aromatic N) is 8. The molecule has 0 aliphatic rings. The molecule has 0 saturated carbocycles. The molecule has 0 amide bonds. The molecule has 4 aromatic carbocycles. The van der Waals surface area contributed by atoms with Crippen LogP contribution in [0.15, 0.2) is 112 Å². The van der Waals surface area contributed by atoms with Crippen molar-refractivity contribution < 1.29 is 0 Å². The van der Waals surface area contributed by atoms with E-state index in [9.17, 15) is 0 Å². The maximum Gasteiger partial charge on any atom is 0.211 e. The first-order valence-electron chi connectivity index (χ1n) is 14.8. The lowest BCUT2D eigenvalue weighted by molar-refractivity contribution is 1.21. The van der Waals surface area contributed by atoms with Crippen LogP contribution < -0.4 is 45.9 Å². The molecular weight excluding hydrogens is 972 g/mol.